The monoisotopic (exact) mass is 462 g/mol. The maximum Gasteiger partial charge on any atom is 0.407 e. The van der Waals surface area contributed by atoms with Crippen molar-refractivity contribution in [2.45, 2.75) is 39.7 Å². The van der Waals surface area contributed by atoms with Crippen molar-refractivity contribution in [2.24, 2.45) is 4.99 Å². The normalized spacial score (nSPS) is 11.3. The van der Waals surface area contributed by atoms with Crippen LogP contribution in [0.3, 0.4) is 0 Å². The number of hydrogen-bond acceptors (Lipinski definition) is 3. The average molecular weight is 462 g/mol. The zero-order valence-electron chi connectivity index (χ0n) is 15.6. The van der Waals surface area contributed by atoms with E-state index in [9.17, 15) is 4.79 Å². The first-order valence-electron chi connectivity index (χ1n) is 8.43. The molecular weight excluding hydrogens is 431 g/mol. The molecule has 0 aliphatic carbocycles. The number of carbonyl (C=O) groups excluding carboxylic acids is 1. The molecule has 1 amide bonds. The van der Waals surface area contributed by atoms with Gasteiger partial charge in [0, 0.05) is 26.2 Å². The minimum atomic E-state index is -0.481. The summed E-state index contributed by atoms with van der Waals surface area (Å²) >= 11 is 0. The Balaban J connectivity index is 0.00000576. The molecule has 0 fully saturated rings. The molecule has 1 aromatic rings. The number of benzene rings is 1. The lowest BCUT2D eigenvalue weighted by Crippen LogP contribution is -2.42. The minimum Gasteiger partial charge on any atom is -0.444 e. The lowest BCUT2D eigenvalue weighted by atomic mass is 10.2. The fourth-order valence-corrected chi connectivity index (χ4v) is 1.94. The maximum atomic E-state index is 11.6. The molecule has 0 unspecified atom stereocenters. The molecule has 1 aromatic carbocycles. The summed E-state index contributed by atoms with van der Waals surface area (Å²) in [5, 5.41) is 9.10. The summed E-state index contributed by atoms with van der Waals surface area (Å²) in [6, 6.07) is 10.3. The van der Waals surface area contributed by atoms with Crippen molar-refractivity contribution >= 4 is 36.0 Å². The fraction of sp³-hybridized carbons (Fsp3) is 0.556. The van der Waals surface area contributed by atoms with Crippen molar-refractivity contribution in [3.05, 3.63) is 35.9 Å². The van der Waals surface area contributed by atoms with Gasteiger partial charge in [0.2, 0.25) is 0 Å². The molecule has 142 valence electrons. The Morgan fingerprint density at radius 1 is 1.08 bits per heavy atom. The molecule has 0 aliphatic heterocycles. The number of nitrogens with one attached hydrogen (secondary N) is 3. The highest BCUT2D eigenvalue weighted by molar-refractivity contribution is 14.0. The number of amides is 1. The number of nitrogens with zero attached hydrogens (tertiary/aromatic N) is 1. The van der Waals surface area contributed by atoms with Crippen molar-refractivity contribution < 1.29 is 9.53 Å². The highest BCUT2D eigenvalue weighted by atomic mass is 127. The van der Waals surface area contributed by atoms with Crippen LogP contribution in [-0.2, 0) is 11.2 Å². The van der Waals surface area contributed by atoms with Gasteiger partial charge in [0.05, 0.1) is 0 Å². The second-order valence-electron chi connectivity index (χ2n) is 6.35. The predicted octanol–water partition coefficient (Wildman–Crippen LogP) is 2.93. The van der Waals surface area contributed by atoms with Gasteiger partial charge in [-0.25, -0.2) is 4.79 Å². The van der Waals surface area contributed by atoms with E-state index < -0.39 is 11.7 Å². The second-order valence-corrected chi connectivity index (χ2v) is 6.35. The Morgan fingerprint density at radius 3 is 2.32 bits per heavy atom. The molecule has 7 heteroatoms. The molecule has 0 bridgehead atoms. The Hall–Kier alpha value is -1.51. The van der Waals surface area contributed by atoms with Crippen LogP contribution in [-0.4, -0.2) is 43.8 Å². The van der Waals surface area contributed by atoms with Crippen molar-refractivity contribution in [3.8, 4) is 0 Å². The lowest BCUT2D eigenvalue weighted by Gasteiger charge is -2.19. The van der Waals surface area contributed by atoms with E-state index in [1.165, 1.54) is 5.56 Å². The van der Waals surface area contributed by atoms with Gasteiger partial charge in [0.1, 0.15) is 5.60 Å². The first kappa shape index (κ1) is 23.5. The summed E-state index contributed by atoms with van der Waals surface area (Å²) in [6.45, 7) is 10.1. The quantitative estimate of drug-likeness (QED) is 0.252. The van der Waals surface area contributed by atoms with Gasteiger partial charge in [-0.1, -0.05) is 30.3 Å². The number of guanidine groups is 1. The van der Waals surface area contributed by atoms with E-state index in [1.54, 1.807) is 0 Å². The highest BCUT2D eigenvalue weighted by Crippen LogP contribution is 2.06. The van der Waals surface area contributed by atoms with E-state index in [0.29, 0.717) is 19.6 Å². The van der Waals surface area contributed by atoms with Crippen LogP contribution >= 0.6 is 24.0 Å². The smallest absolute Gasteiger partial charge is 0.407 e. The van der Waals surface area contributed by atoms with Crippen molar-refractivity contribution in [1.82, 2.24) is 16.0 Å². The van der Waals surface area contributed by atoms with Crippen LogP contribution in [0.2, 0.25) is 0 Å². The zero-order chi connectivity index (χ0) is 17.8. The second kappa shape index (κ2) is 12.8. The molecule has 6 nitrogen and oxygen atoms in total. The van der Waals surface area contributed by atoms with Gasteiger partial charge in [0.15, 0.2) is 5.96 Å². The van der Waals surface area contributed by atoms with Gasteiger partial charge >= 0.3 is 6.09 Å². The molecule has 0 saturated carbocycles. The summed E-state index contributed by atoms with van der Waals surface area (Å²) in [6.07, 6.45) is 0.489. The first-order chi connectivity index (χ1) is 11.4. The summed E-state index contributed by atoms with van der Waals surface area (Å²) in [7, 11) is 0. The number of halogens is 1. The lowest BCUT2D eigenvalue weighted by molar-refractivity contribution is 0.0529. The third kappa shape index (κ3) is 12.5. The van der Waals surface area contributed by atoms with Crippen LogP contribution in [0.1, 0.15) is 33.3 Å². The van der Waals surface area contributed by atoms with E-state index in [0.717, 1.165) is 18.9 Å². The Bertz CT molecular complexity index is 516. The fourth-order valence-electron chi connectivity index (χ4n) is 1.94. The molecule has 0 radical (unpaired) electrons. The summed E-state index contributed by atoms with van der Waals surface area (Å²) in [4.78, 5) is 16.1. The number of alkyl carbamates (subject to hydrolysis) is 1. The van der Waals surface area contributed by atoms with Crippen LogP contribution in [0.4, 0.5) is 4.79 Å². The number of hydrogen-bond donors (Lipinski definition) is 3. The predicted molar refractivity (Wildman–Crippen MR) is 114 cm³/mol. The molecule has 0 atom stereocenters. The largest absolute Gasteiger partial charge is 0.444 e. The van der Waals surface area contributed by atoms with Crippen LogP contribution in [0, 0.1) is 0 Å². The first-order valence-corrected chi connectivity index (χ1v) is 8.43. The summed E-state index contributed by atoms with van der Waals surface area (Å²) < 4.78 is 5.18. The average Bonchev–Trinajstić information content (AvgIpc) is 2.51. The van der Waals surface area contributed by atoms with Gasteiger partial charge in [-0.05, 0) is 39.7 Å². The molecule has 0 aliphatic rings. The number of aliphatic imine (C=N–C) groups is 1. The van der Waals surface area contributed by atoms with Gasteiger partial charge in [0.25, 0.3) is 0 Å². The summed E-state index contributed by atoms with van der Waals surface area (Å²) in [5.74, 6) is 0.749. The van der Waals surface area contributed by atoms with Crippen LogP contribution in [0.25, 0.3) is 0 Å². The number of ether oxygens (including phenoxy) is 1. The maximum absolute atomic E-state index is 11.6. The van der Waals surface area contributed by atoms with Gasteiger partial charge in [-0.3, -0.25) is 4.99 Å². The Labute approximate surface area is 168 Å². The zero-order valence-corrected chi connectivity index (χ0v) is 17.9. The Kier molecular flexibility index (Phi) is 12.0. The van der Waals surface area contributed by atoms with Crippen LogP contribution in [0.5, 0.6) is 0 Å². The molecule has 25 heavy (non-hydrogen) atoms. The van der Waals surface area contributed by atoms with E-state index >= 15 is 0 Å². The van der Waals surface area contributed by atoms with Crippen molar-refractivity contribution in [3.63, 3.8) is 0 Å². The van der Waals surface area contributed by atoms with E-state index in [2.05, 4.69) is 33.1 Å². The van der Waals surface area contributed by atoms with Crippen LogP contribution in [0.15, 0.2) is 35.3 Å². The highest BCUT2D eigenvalue weighted by Gasteiger charge is 2.15. The van der Waals surface area contributed by atoms with Crippen LogP contribution < -0.4 is 16.0 Å². The van der Waals surface area contributed by atoms with Gasteiger partial charge in [-0.2, -0.15) is 0 Å². The van der Waals surface area contributed by atoms with Gasteiger partial charge < -0.3 is 20.7 Å². The van der Waals surface area contributed by atoms with E-state index in [-0.39, 0.29) is 24.0 Å². The van der Waals surface area contributed by atoms with Crippen molar-refractivity contribution in [2.75, 3.05) is 26.2 Å². The molecule has 3 N–H and O–H groups in total. The molecule has 0 spiro atoms. The molecular formula is C18H31IN4O2. The van der Waals surface area contributed by atoms with Crippen molar-refractivity contribution in [1.29, 1.82) is 0 Å². The Morgan fingerprint density at radius 2 is 1.72 bits per heavy atom. The third-order valence-electron chi connectivity index (χ3n) is 2.94. The SMILES string of the molecule is CCNC(=NCCc1ccccc1)NCCNC(=O)OC(C)(C)C.I. The van der Waals surface area contributed by atoms with Gasteiger partial charge in [-0.15, -0.1) is 24.0 Å². The molecule has 0 heterocycles. The number of carbonyl (C=O) groups is 1. The standard InChI is InChI=1S/C18H30N4O2.HI/c1-5-19-16(20-12-11-15-9-7-6-8-10-15)21-13-14-22-17(23)24-18(2,3)4;/h6-10H,5,11-14H2,1-4H3,(H,22,23)(H2,19,20,21);1H. The van der Waals surface area contributed by atoms with E-state index in [4.69, 9.17) is 4.74 Å². The molecule has 0 saturated heterocycles. The third-order valence-corrected chi connectivity index (χ3v) is 2.94. The topological polar surface area (TPSA) is 74.8 Å². The summed E-state index contributed by atoms with van der Waals surface area (Å²) in [5.41, 5.74) is 0.786. The van der Waals surface area contributed by atoms with E-state index in [1.807, 2.05) is 45.9 Å². The minimum absolute atomic E-state index is 0. The molecule has 1 rings (SSSR count). The molecule has 0 aromatic heterocycles. The number of rotatable bonds is 7.